The van der Waals surface area contributed by atoms with Gasteiger partial charge in [0, 0.05) is 12.0 Å². The van der Waals surface area contributed by atoms with Gasteiger partial charge in [-0.25, -0.2) is 0 Å². The van der Waals surface area contributed by atoms with E-state index in [1.54, 1.807) is 29.2 Å². The van der Waals surface area contributed by atoms with E-state index in [1.165, 1.54) is 0 Å². The zero-order valence-corrected chi connectivity index (χ0v) is 18.3. The largest absolute Gasteiger partial charge is 0.332 e. The van der Waals surface area contributed by atoms with E-state index >= 15 is 0 Å². The minimum atomic E-state index is -3.93. The Balaban J connectivity index is 1.93. The van der Waals surface area contributed by atoms with Gasteiger partial charge in [-0.2, -0.15) is 8.42 Å². The molecule has 1 fully saturated rings. The first-order valence-corrected chi connectivity index (χ1v) is 11.4. The molecule has 0 spiro atoms. The molecular weight excluding hydrogens is 386 g/mol. The number of rotatable bonds is 6. The van der Waals surface area contributed by atoms with Crippen molar-refractivity contribution in [2.24, 2.45) is 5.41 Å². The summed E-state index contributed by atoms with van der Waals surface area (Å²) >= 11 is 0. The zero-order valence-electron chi connectivity index (χ0n) is 17.5. The first-order chi connectivity index (χ1) is 13.7. The average molecular weight is 416 g/mol. The monoisotopic (exact) mass is 415 g/mol. The molecule has 0 saturated carbocycles. The lowest BCUT2D eigenvalue weighted by Crippen LogP contribution is -2.42. The summed E-state index contributed by atoms with van der Waals surface area (Å²) in [6, 6.07) is 15.7. The van der Waals surface area contributed by atoms with E-state index in [1.807, 2.05) is 58.0 Å². The molecule has 6 heteroatoms. The van der Waals surface area contributed by atoms with Crippen LogP contribution in [0.2, 0.25) is 0 Å². The molecule has 1 amide bonds. The molecule has 3 rings (SSSR count). The van der Waals surface area contributed by atoms with E-state index in [4.69, 9.17) is 4.18 Å². The third kappa shape index (κ3) is 4.54. The topological polar surface area (TPSA) is 63.7 Å². The molecule has 1 heterocycles. The fourth-order valence-corrected chi connectivity index (χ4v) is 4.71. The molecule has 0 aromatic heterocycles. The van der Waals surface area contributed by atoms with Crippen LogP contribution in [0.5, 0.6) is 0 Å². The van der Waals surface area contributed by atoms with Gasteiger partial charge in [0.15, 0.2) is 0 Å². The summed E-state index contributed by atoms with van der Waals surface area (Å²) in [5, 5.41) is 0. The van der Waals surface area contributed by atoms with Crippen molar-refractivity contribution in [1.82, 2.24) is 4.90 Å². The van der Waals surface area contributed by atoms with Crippen LogP contribution in [0.15, 0.2) is 59.5 Å². The fourth-order valence-electron chi connectivity index (χ4n) is 3.60. The molecule has 0 radical (unpaired) electrons. The minimum Gasteiger partial charge on any atom is -0.332 e. The Labute approximate surface area is 173 Å². The number of benzene rings is 2. The van der Waals surface area contributed by atoms with Crippen LogP contribution in [0.25, 0.3) is 0 Å². The molecular formula is C23H29NO4S. The van der Waals surface area contributed by atoms with Crippen LogP contribution in [-0.4, -0.2) is 31.9 Å². The number of hydrogen-bond donors (Lipinski definition) is 0. The van der Waals surface area contributed by atoms with Gasteiger partial charge in [0.2, 0.25) is 5.91 Å². The number of hydrogen-bond acceptors (Lipinski definition) is 4. The molecule has 156 valence electrons. The van der Waals surface area contributed by atoms with Crippen LogP contribution >= 0.6 is 0 Å². The number of carbonyl (C=O) groups excluding carboxylic acids is 1. The van der Waals surface area contributed by atoms with E-state index < -0.39 is 27.7 Å². The van der Waals surface area contributed by atoms with Gasteiger partial charge in [0.05, 0.1) is 10.9 Å². The number of aryl methyl sites for hydroxylation is 1. The normalized spacial score (nSPS) is 20.1. The molecule has 0 aliphatic carbocycles. The highest BCUT2D eigenvalue weighted by Gasteiger charge is 2.44. The summed E-state index contributed by atoms with van der Waals surface area (Å²) in [5.41, 5.74) is 1.34. The molecule has 2 aromatic carbocycles. The molecule has 29 heavy (non-hydrogen) atoms. The molecule has 0 bridgehead atoms. The molecule has 2 atom stereocenters. The molecule has 1 aliphatic heterocycles. The third-order valence-corrected chi connectivity index (χ3v) is 7.12. The summed E-state index contributed by atoms with van der Waals surface area (Å²) in [7, 11) is -3.93. The predicted molar refractivity (Wildman–Crippen MR) is 113 cm³/mol. The van der Waals surface area contributed by atoms with Crippen molar-refractivity contribution in [3.63, 3.8) is 0 Å². The van der Waals surface area contributed by atoms with Gasteiger partial charge in [0.25, 0.3) is 10.1 Å². The first-order valence-electron chi connectivity index (χ1n) is 10.0. The van der Waals surface area contributed by atoms with E-state index in [-0.39, 0.29) is 10.8 Å². The molecule has 2 aromatic rings. The Bertz CT molecular complexity index is 952. The molecule has 0 N–H and O–H groups in total. The van der Waals surface area contributed by atoms with Gasteiger partial charge >= 0.3 is 0 Å². The summed E-state index contributed by atoms with van der Waals surface area (Å²) < 4.78 is 31.5. The van der Waals surface area contributed by atoms with E-state index in [2.05, 4.69) is 0 Å². The maximum absolute atomic E-state index is 13.2. The summed E-state index contributed by atoms with van der Waals surface area (Å²) in [5.74, 6) is 0.0210. The van der Waals surface area contributed by atoms with Crippen LogP contribution in [-0.2, 0) is 19.1 Å². The third-order valence-electron chi connectivity index (χ3n) is 5.77. The fraction of sp³-hybridized carbons (Fsp3) is 0.435. The van der Waals surface area contributed by atoms with Crippen LogP contribution in [0.3, 0.4) is 0 Å². The van der Waals surface area contributed by atoms with Gasteiger partial charge in [0.1, 0.15) is 6.10 Å². The second-order valence-corrected chi connectivity index (χ2v) is 9.85. The second-order valence-electron chi connectivity index (χ2n) is 8.28. The highest BCUT2D eigenvalue weighted by Crippen LogP contribution is 2.39. The Morgan fingerprint density at radius 1 is 1.10 bits per heavy atom. The van der Waals surface area contributed by atoms with Crippen LogP contribution in [0.4, 0.5) is 0 Å². The summed E-state index contributed by atoms with van der Waals surface area (Å²) in [4.78, 5) is 15.1. The Morgan fingerprint density at radius 2 is 1.72 bits per heavy atom. The van der Waals surface area contributed by atoms with Gasteiger partial charge in [-0.1, -0.05) is 68.8 Å². The molecule has 0 unspecified atom stereocenters. The van der Waals surface area contributed by atoms with Crippen LogP contribution < -0.4 is 0 Å². The molecule has 5 nitrogen and oxygen atoms in total. The van der Waals surface area contributed by atoms with Crippen molar-refractivity contribution >= 4 is 16.0 Å². The Hall–Kier alpha value is -2.18. The van der Waals surface area contributed by atoms with Crippen LogP contribution in [0.1, 0.15) is 50.8 Å². The van der Waals surface area contributed by atoms with Crippen molar-refractivity contribution in [2.75, 3.05) is 6.54 Å². The predicted octanol–water partition coefficient (Wildman–Crippen LogP) is 4.48. The molecule has 1 aliphatic rings. The van der Waals surface area contributed by atoms with Crippen molar-refractivity contribution in [3.05, 3.63) is 65.7 Å². The van der Waals surface area contributed by atoms with E-state index in [9.17, 15) is 13.2 Å². The van der Waals surface area contributed by atoms with Gasteiger partial charge in [-0.15, -0.1) is 0 Å². The maximum atomic E-state index is 13.2. The highest BCUT2D eigenvalue weighted by atomic mass is 32.2. The maximum Gasteiger partial charge on any atom is 0.297 e. The quantitative estimate of drug-likeness (QED) is 0.653. The number of carbonyl (C=O) groups is 1. The standard InChI is InChI=1S/C23H29NO4S/c1-5-23(3,4)22(25)24-16-15-20(21(24)18-9-7-6-8-10-18)28-29(26,27)19-13-11-17(2)12-14-19/h6-14,20-21H,5,15-16H2,1-4H3/t20-,21+/m0/s1. The number of amides is 1. The number of nitrogens with zero attached hydrogens (tertiary/aromatic N) is 1. The Kier molecular flexibility index (Phi) is 6.15. The summed E-state index contributed by atoms with van der Waals surface area (Å²) in [6.45, 7) is 8.21. The highest BCUT2D eigenvalue weighted by molar-refractivity contribution is 7.86. The van der Waals surface area contributed by atoms with Crippen molar-refractivity contribution in [1.29, 1.82) is 0 Å². The SMILES string of the molecule is CCC(C)(C)C(=O)N1CC[C@H](OS(=O)(=O)c2ccc(C)cc2)[C@H]1c1ccccc1. The summed E-state index contributed by atoms with van der Waals surface area (Å²) in [6.07, 6.45) is 0.549. The van der Waals surface area contributed by atoms with Crippen molar-refractivity contribution < 1.29 is 17.4 Å². The van der Waals surface area contributed by atoms with E-state index in [0.717, 1.165) is 11.1 Å². The van der Waals surface area contributed by atoms with Crippen LogP contribution in [0, 0.1) is 12.3 Å². The van der Waals surface area contributed by atoms with E-state index in [0.29, 0.717) is 19.4 Å². The Morgan fingerprint density at radius 3 is 2.31 bits per heavy atom. The average Bonchev–Trinajstić information content (AvgIpc) is 3.11. The second kappa shape index (κ2) is 8.28. The smallest absolute Gasteiger partial charge is 0.297 e. The first kappa shape index (κ1) is 21.5. The van der Waals surface area contributed by atoms with Gasteiger partial charge < -0.3 is 4.90 Å². The molecule has 1 saturated heterocycles. The van der Waals surface area contributed by atoms with Crippen molar-refractivity contribution in [2.45, 2.75) is 57.6 Å². The van der Waals surface area contributed by atoms with Crippen molar-refractivity contribution in [3.8, 4) is 0 Å². The van der Waals surface area contributed by atoms with Gasteiger partial charge in [-0.3, -0.25) is 8.98 Å². The zero-order chi connectivity index (χ0) is 21.2. The lowest BCUT2D eigenvalue weighted by molar-refractivity contribution is -0.142. The lowest BCUT2D eigenvalue weighted by Gasteiger charge is -2.34. The lowest BCUT2D eigenvalue weighted by atomic mass is 9.88. The van der Waals surface area contributed by atoms with Gasteiger partial charge in [-0.05, 0) is 37.5 Å². The minimum absolute atomic E-state index is 0.0210. The number of likely N-dealkylation sites (tertiary alicyclic amines) is 1.